The number of nitrogens with one attached hydrogen (secondary N) is 2. The number of hydrogen-bond acceptors (Lipinski definition) is 4. The Kier molecular flexibility index (Phi) is 7.99. The smallest absolute Gasteiger partial charge is 0.243 e. The number of amides is 1. The van der Waals surface area contributed by atoms with Crippen LogP contribution in [-0.2, 0) is 4.79 Å². The molecule has 0 radical (unpaired) electrons. The molecule has 0 aliphatic heterocycles. The summed E-state index contributed by atoms with van der Waals surface area (Å²) in [6, 6.07) is 15.1. The molecule has 0 aliphatic rings. The van der Waals surface area contributed by atoms with E-state index in [-0.39, 0.29) is 18.6 Å². The van der Waals surface area contributed by atoms with Crippen LogP contribution < -0.4 is 20.1 Å². The van der Waals surface area contributed by atoms with Crippen molar-refractivity contribution in [2.24, 2.45) is 5.92 Å². The van der Waals surface area contributed by atoms with Crippen LogP contribution in [0, 0.1) is 5.92 Å². The molecule has 0 aromatic heterocycles. The van der Waals surface area contributed by atoms with E-state index in [0.29, 0.717) is 12.5 Å². The standard InChI is InChI=1S/C22H30N2O3/c1-5-17(4)27-21-11-6-8-18(12-21)23-14-22(25)24-19-9-7-10-20(13-19)26-15-16(2)3/h6-13,16-17,23H,5,14-15H2,1-4H3,(H,24,25). The van der Waals surface area contributed by atoms with Crippen molar-refractivity contribution in [1.29, 1.82) is 0 Å². The lowest BCUT2D eigenvalue weighted by Gasteiger charge is -2.14. The van der Waals surface area contributed by atoms with Gasteiger partial charge in [0.05, 0.1) is 19.3 Å². The first-order valence-electron chi connectivity index (χ1n) is 9.49. The summed E-state index contributed by atoms with van der Waals surface area (Å²) >= 11 is 0. The van der Waals surface area contributed by atoms with Crippen molar-refractivity contribution < 1.29 is 14.3 Å². The third-order valence-corrected chi connectivity index (χ3v) is 3.90. The summed E-state index contributed by atoms with van der Waals surface area (Å²) in [5.41, 5.74) is 1.57. The van der Waals surface area contributed by atoms with E-state index in [1.807, 2.05) is 55.5 Å². The Balaban J connectivity index is 1.86. The van der Waals surface area contributed by atoms with E-state index in [1.54, 1.807) is 0 Å². The summed E-state index contributed by atoms with van der Waals surface area (Å²) in [6.45, 7) is 9.13. The lowest BCUT2D eigenvalue weighted by molar-refractivity contribution is -0.114. The molecule has 5 nitrogen and oxygen atoms in total. The molecule has 0 fully saturated rings. The van der Waals surface area contributed by atoms with Crippen LogP contribution in [0.2, 0.25) is 0 Å². The van der Waals surface area contributed by atoms with Gasteiger partial charge in [0.15, 0.2) is 0 Å². The molecule has 146 valence electrons. The van der Waals surface area contributed by atoms with Crippen LogP contribution in [0.15, 0.2) is 48.5 Å². The number of rotatable bonds is 10. The second-order valence-corrected chi connectivity index (χ2v) is 7.00. The van der Waals surface area contributed by atoms with E-state index >= 15 is 0 Å². The van der Waals surface area contributed by atoms with Gasteiger partial charge in [0.2, 0.25) is 5.91 Å². The van der Waals surface area contributed by atoms with Crippen molar-refractivity contribution in [3.8, 4) is 11.5 Å². The van der Waals surface area contributed by atoms with Gasteiger partial charge in [-0.2, -0.15) is 0 Å². The maximum atomic E-state index is 12.2. The largest absolute Gasteiger partial charge is 0.493 e. The molecule has 1 amide bonds. The summed E-state index contributed by atoms with van der Waals surface area (Å²) in [7, 11) is 0. The van der Waals surface area contributed by atoms with Crippen molar-refractivity contribution in [3.05, 3.63) is 48.5 Å². The first-order chi connectivity index (χ1) is 13.0. The van der Waals surface area contributed by atoms with Crippen molar-refractivity contribution in [3.63, 3.8) is 0 Å². The minimum atomic E-state index is -0.121. The monoisotopic (exact) mass is 370 g/mol. The zero-order valence-electron chi connectivity index (χ0n) is 16.6. The summed E-state index contributed by atoms with van der Waals surface area (Å²) in [6.07, 6.45) is 1.11. The van der Waals surface area contributed by atoms with E-state index in [9.17, 15) is 4.79 Å². The minimum absolute atomic E-state index is 0.121. The number of anilines is 2. The molecule has 27 heavy (non-hydrogen) atoms. The van der Waals surface area contributed by atoms with Gasteiger partial charge in [0.25, 0.3) is 0 Å². The second kappa shape index (κ2) is 10.5. The lowest BCUT2D eigenvalue weighted by atomic mass is 10.2. The van der Waals surface area contributed by atoms with Gasteiger partial charge in [-0.25, -0.2) is 0 Å². The van der Waals surface area contributed by atoms with Gasteiger partial charge in [-0.1, -0.05) is 32.9 Å². The van der Waals surface area contributed by atoms with Gasteiger partial charge in [-0.3, -0.25) is 4.79 Å². The second-order valence-electron chi connectivity index (χ2n) is 7.00. The first kappa shape index (κ1) is 20.6. The van der Waals surface area contributed by atoms with Crippen LogP contribution in [0.1, 0.15) is 34.1 Å². The fourth-order valence-corrected chi connectivity index (χ4v) is 2.31. The Morgan fingerprint density at radius 2 is 1.67 bits per heavy atom. The third-order valence-electron chi connectivity index (χ3n) is 3.90. The Morgan fingerprint density at radius 3 is 2.37 bits per heavy atom. The van der Waals surface area contributed by atoms with Crippen LogP contribution in [0.5, 0.6) is 11.5 Å². The van der Waals surface area contributed by atoms with Gasteiger partial charge in [-0.15, -0.1) is 0 Å². The van der Waals surface area contributed by atoms with Crippen LogP contribution in [0.25, 0.3) is 0 Å². The van der Waals surface area contributed by atoms with Gasteiger partial charge in [0.1, 0.15) is 11.5 Å². The molecular weight excluding hydrogens is 340 g/mol. The van der Waals surface area contributed by atoms with Gasteiger partial charge >= 0.3 is 0 Å². The fourth-order valence-electron chi connectivity index (χ4n) is 2.31. The predicted octanol–water partition coefficient (Wildman–Crippen LogP) is 4.95. The highest BCUT2D eigenvalue weighted by Gasteiger charge is 2.06. The minimum Gasteiger partial charge on any atom is -0.493 e. The molecule has 1 unspecified atom stereocenters. The Morgan fingerprint density at radius 1 is 1.00 bits per heavy atom. The molecule has 2 aromatic rings. The number of carbonyl (C=O) groups excluding carboxylic acids is 1. The van der Waals surface area contributed by atoms with Crippen molar-refractivity contribution in [2.75, 3.05) is 23.8 Å². The molecular formula is C22H30N2O3. The normalized spacial score (nSPS) is 11.7. The van der Waals surface area contributed by atoms with E-state index in [2.05, 4.69) is 31.4 Å². The number of carbonyl (C=O) groups is 1. The topological polar surface area (TPSA) is 59.6 Å². The van der Waals surface area contributed by atoms with E-state index < -0.39 is 0 Å². The highest BCUT2D eigenvalue weighted by molar-refractivity contribution is 5.93. The molecule has 0 saturated heterocycles. The van der Waals surface area contributed by atoms with E-state index in [0.717, 1.165) is 29.3 Å². The molecule has 0 spiro atoms. The Hall–Kier alpha value is -2.69. The van der Waals surface area contributed by atoms with Crippen molar-refractivity contribution in [1.82, 2.24) is 0 Å². The molecule has 2 N–H and O–H groups in total. The molecule has 2 aromatic carbocycles. The fraction of sp³-hybridized carbons (Fsp3) is 0.409. The molecule has 0 bridgehead atoms. The highest BCUT2D eigenvalue weighted by atomic mass is 16.5. The van der Waals surface area contributed by atoms with Gasteiger partial charge in [0, 0.05) is 23.5 Å². The van der Waals surface area contributed by atoms with Crippen LogP contribution in [0.3, 0.4) is 0 Å². The molecule has 0 aliphatic carbocycles. The zero-order valence-corrected chi connectivity index (χ0v) is 16.6. The molecule has 5 heteroatoms. The average molecular weight is 370 g/mol. The Labute approximate surface area is 162 Å². The van der Waals surface area contributed by atoms with Gasteiger partial charge in [-0.05, 0) is 43.5 Å². The summed E-state index contributed by atoms with van der Waals surface area (Å²) in [5, 5.41) is 6.01. The quantitative estimate of drug-likeness (QED) is 0.621. The SMILES string of the molecule is CCC(C)Oc1cccc(NCC(=O)Nc2cccc(OCC(C)C)c2)c1. The van der Waals surface area contributed by atoms with Crippen LogP contribution >= 0.6 is 0 Å². The summed E-state index contributed by atoms with van der Waals surface area (Å²) < 4.78 is 11.5. The number of hydrogen-bond donors (Lipinski definition) is 2. The molecule has 0 saturated carbocycles. The summed E-state index contributed by atoms with van der Waals surface area (Å²) in [4.78, 5) is 12.2. The number of benzene rings is 2. The highest BCUT2D eigenvalue weighted by Crippen LogP contribution is 2.20. The van der Waals surface area contributed by atoms with Crippen molar-refractivity contribution in [2.45, 2.75) is 40.2 Å². The zero-order chi connectivity index (χ0) is 19.6. The molecule has 1 atom stereocenters. The van der Waals surface area contributed by atoms with Gasteiger partial charge < -0.3 is 20.1 Å². The van der Waals surface area contributed by atoms with E-state index in [4.69, 9.17) is 9.47 Å². The molecule has 2 rings (SSSR count). The first-order valence-corrected chi connectivity index (χ1v) is 9.49. The maximum absolute atomic E-state index is 12.2. The van der Waals surface area contributed by atoms with Crippen LogP contribution in [-0.4, -0.2) is 25.2 Å². The average Bonchev–Trinajstić information content (AvgIpc) is 2.65. The lowest BCUT2D eigenvalue weighted by Crippen LogP contribution is -2.21. The Bertz CT molecular complexity index is 731. The van der Waals surface area contributed by atoms with E-state index in [1.165, 1.54) is 0 Å². The van der Waals surface area contributed by atoms with Crippen LogP contribution in [0.4, 0.5) is 11.4 Å². The molecule has 0 heterocycles. The number of ether oxygens (including phenoxy) is 2. The summed E-state index contributed by atoms with van der Waals surface area (Å²) in [5.74, 6) is 1.88. The predicted molar refractivity (Wildman–Crippen MR) is 111 cm³/mol. The maximum Gasteiger partial charge on any atom is 0.243 e. The van der Waals surface area contributed by atoms with Crippen molar-refractivity contribution >= 4 is 17.3 Å². The third kappa shape index (κ3) is 7.60.